The molecule has 2 aromatic carbocycles. The second-order valence-corrected chi connectivity index (χ2v) is 7.96. The Kier molecular flexibility index (Phi) is 5.55. The lowest BCUT2D eigenvalue weighted by Crippen LogP contribution is -2.15. The number of amides is 1. The summed E-state index contributed by atoms with van der Waals surface area (Å²) >= 11 is 0. The van der Waals surface area contributed by atoms with E-state index < -0.39 is 21.7 Å². The van der Waals surface area contributed by atoms with Gasteiger partial charge in [0.2, 0.25) is 5.91 Å². The summed E-state index contributed by atoms with van der Waals surface area (Å²) in [7, 11) is -4.06. The van der Waals surface area contributed by atoms with Gasteiger partial charge in [-0.15, -0.1) is 0 Å². The number of carbonyl (C=O) groups excluding carboxylic acids is 1. The average Bonchev–Trinajstić information content (AvgIpc) is 3.11. The average molecular weight is 392 g/mol. The van der Waals surface area contributed by atoms with Crippen LogP contribution in [0.15, 0.2) is 59.5 Å². The fraction of sp³-hybridized carbons (Fsp3) is 0.211. The number of hydrogen-bond acceptors (Lipinski definition) is 3. The predicted molar refractivity (Wildman–Crippen MR) is 98.7 cm³/mol. The van der Waals surface area contributed by atoms with Crippen LogP contribution in [0.5, 0.6) is 0 Å². The van der Waals surface area contributed by atoms with Crippen molar-refractivity contribution >= 4 is 27.3 Å². The van der Waals surface area contributed by atoms with Gasteiger partial charge < -0.3 is 5.32 Å². The van der Waals surface area contributed by atoms with Gasteiger partial charge in [-0.05, 0) is 61.2 Å². The number of hydrogen-bond donors (Lipinski definition) is 2. The van der Waals surface area contributed by atoms with E-state index in [1.54, 1.807) is 12.1 Å². The highest BCUT2D eigenvalue weighted by atomic mass is 32.2. The van der Waals surface area contributed by atoms with E-state index in [-0.39, 0.29) is 22.4 Å². The molecule has 1 aliphatic rings. The van der Waals surface area contributed by atoms with E-state index in [0.717, 1.165) is 25.0 Å². The van der Waals surface area contributed by atoms with E-state index in [4.69, 9.17) is 0 Å². The number of halogens is 2. The molecule has 0 unspecified atom stereocenters. The fourth-order valence-corrected chi connectivity index (χ4v) is 3.87. The number of sulfonamides is 1. The van der Waals surface area contributed by atoms with Crippen molar-refractivity contribution in [2.24, 2.45) is 5.92 Å². The van der Waals surface area contributed by atoms with Gasteiger partial charge in [0.1, 0.15) is 0 Å². The maximum atomic E-state index is 13.3. The number of carbonyl (C=O) groups is 1. The Bertz CT molecular complexity index is 973. The van der Waals surface area contributed by atoms with Gasteiger partial charge in [-0.25, -0.2) is 17.2 Å². The minimum atomic E-state index is -4.06. The first kappa shape index (κ1) is 19.0. The third-order valence-corrected chi connectivity index (χ3v) is 5.56. The Balaban J connectivity index is 1.63. The molecule has 142 valence electrons. The van der Waals surface area contributed by atoms with Crippen LogP contribution in [-0.4, -0.2) is 14.3 Å². The summed E-state index contributed by atoms with van der Waals surface area (Å²) < 4.78 is 53.0. The Morgan fingerprint density at radius 2 is 1.74 bits per heavy atom. The second-order valence-electron chi connectivity index (χ2n) is 6.28. The zero-order chi connectivity index (χ0) is 19.4. The number of anilines is 2. The van der Waals surface area contributed by atoms with Crippen LogP contribution >= 0.6 is 0 Å². The van der Waals surface area contributed by atoms with E-state index in [0.29, 0.717) is 18.2 Å². The molecule has 0 aromatic heterocycles. The van der Waals surface area contributed by atoms with Crippen molar-refractivity contribution in [2.45, 2.75) is 24.2 Å². The van der Waals surface area contributed by atoms with E-state index in [1.165, 1.54) is 12.1 Å². The highest BCUT2D eigenvalue weighted by molar-refractivity contribution is 7.92. The van der Waals surface area contributed by atoms with Crippen molar-refractivity contribution in [1.82, 2.24) is 0 Å². The number of benzene rings is 2. The number of rotatable bonds is 6. The van der Waals surface area contributed by atoms with Crippen LogP contribution in [0.4, 0.5) is 20.2 Å². The first-order valence-corrected chi connectivity index (χ1v) is 9.86. The summed E-state index contributed by atoms with van der Waals surface area (Å²) in [5, 5.41) is 2.76. The van der Waals surface area contributed by atoms with Gasteiger partial charge in [0, 0.05) is 17.8 Å². The summed E-state index contributed by atoms with van der Waals surface area (Å²) in [5.74, 6) is -2.22. The molecular weight excluding hydrogens is 374 g/mol. The van der Waals surface area contributed by atoms with Crippen LogP contribution in [0.2, 0.25) is 0 Å². The standard InChI is InChI=1S/C19H18F2N2O3S/c20-17-10-9-16(12-18(17)21)27(25,26)23-15-7-5-14(6-8-15)22-19(24)11-13-3-1-2-4-13/h1,3,5-10,12-13,23H,2,4,11H2,(H,22,24)/t13-/m0/s1. The lowest BCUT2D eigenvalue weighted by Gasteiger charge is -2.11. The fourth-order valence-electron chi connectivity index (χ4n) is 2.80. The zero-order valence-electron chi connectivity index (χ0n) is 14.3. The van der Waals surface area contributed by atoms with E-state index in [2.05, 4.69) is 16.1 Å². The minimum absolute atomic E-state index is 0.110. The van der Waals surface area contributed by atoms with Crippen LogP contribution in [0.25, 0.3) is 0 Å². The molecular formula is C19H18F2N2O3S. The van der Waals surface area contributed by atoms with Crippen LogP contribution in [0.3, 0.4) is 0 Å². The molecule has 27 heavy (non-hydrogen) atoms. The maximum absolute atomic E-state index is 13.3. The molecule has 0 heterocycles. The molecule has 1 atom stereocenters. The van der Waals surface area contributed by atoms with E-state index >= 15 is 0 Å². The van der Waals surface area contributed by atoms with Crippen molar-refractivity contribution < 1.29 is 22.0 Å². The Morgan fingerprint density at radius 1 is 1.04 bits per heavy atom. The molecule has 0 saturated carbocycles. The number of allylic oxidation sites excluding steroid dienone is 2. The van der Waals surface area contributed by atoms with Crippen LogP contribution in [0, 0.1) is 17.6 Å². The van der Waals surface area contributed by atoms with Crippen LogP contribution < -0.4 is 10.0 Å². The predicted octanol–water partition coefficient (Wildman–Crippen LogP) is 4.06. The molecule has 1 aliphatic carbocycles. The van der Waals surface area contributed by atoms with Gasteiger partial charge in [0.05, 0.1) is 4.90 Å². The Hall–Kier alpha value is -2.74. The molecule has 3 rings (SSSR count). The van der Waals surface area contributed by atoms with Gasteiger partial charge in [0.15, 0.2) is 11.6 Å². The van der Waals surface area contributed by atoms with E-state index in [9.17, 15) is 22.0 Å². The molecule has 5 nitrogen and oxygen atoms in total. The lowest BCUT2D eigenvalue weighted by molar-refractivity contribution is -0.116. The summed E-state index contributed by atoms with van der Waals surface area (Å²) in [6, 6.07) is 8.42. The molecule has 0 radical (unpaired) electrons. The summed E-state index contributed by atoms with van der Waals surface area (Å²) in [6.45, 7) is 0. The molecule has 0 bridgehead atoms. The summed E-state index contributed by atoms with van der Waals surface area (Å²) in [5.41, 5.74) is 0.772. The van der Waals surface area contributed by atoms with Gasteiger partial charge in [-0.2, -0.15) is 0 Å². The van der Waals surface area contributed by atoms with Gasteiger partial charge >= 0.3 is 0 Å². The monoisotopic (exact) mass is 392 g/mol. The van der Waals surface area contributed by atoms with Gasteiger partial charge in [0.25, 0.3) is 10.0 Å². The molecule has 2 N–H and O–H groups in total. The third-order valence-electron chi connectivity index (χ3n) is 4.18. The molecule has 0 saturated heterocycles. The van der Waals surface area contributed by atoms with Crippen LogP contribution in [0.1, 0.15) is 19.3 Å². The SMILES string of the molecule is O=C(C[C@H]1C=CCC1)Nc1ccc(NS(=O)(=O)c2ccc(F)c(F)c2)cc1. The first-order valence-electron chi connectivity index (χ1n) is 8.38. The Labute approximate surface area is 156 Å². The van der Waals surface area contributed by atoms with Gasteiger partial charge in [-0.1, -0.05) is 12.2 Å². The molecule has 0 spiro atoms. The van der Waals surface area contributed by atoms with Gasteiger partial charge in [-0.3, -0.25) is 9.52 Å². The van der Waals surface area contributed by atoms with Crippen molar-refractivity contribution in [3.63, 3.8) is 0 Å². The third kappa shape index (κ3) is 4.91. The van der Waals surface area contributed by atoms with E-state index in [1.807, 2.05) is 6.08 Å². The summed E-state index contributed by atoms with van der Waals surface area (Å²) in [6.07, 6.45) is 6.46. The quantitative estimate of drug-likeness (QED) is 0.728. The van der Waals surface area contributed by atoms with Crippen molar-refractivity contribution in [2.75, 3.05) is 10.0 Å². The summed E-state index contributed by atoms with van der Waals surface area (Å²) in [4.78, 5) is 11.6. The first-order chi connectivity index (χ1) is 12.8. The normalized spacial score (nSPS) is 16.3. The maximum Gasteiger partial charge on any atom is 0.261 e. The van der Waals surface area contributed by atoms with Crippen molar-refractivity contribution in [3.8, 4) is 0 Å². The smallest absolute Gasteiger partial charge is 0.261 e. The minimum Gasteiger partial charge on any atom is -0.326 e. The lowest BCUT2D eigenvalue weighted by atomic mass is 10.1. The second kappa shape index (κ2) is 7.87. The molecule has 2 aromatic rings. The largest absolute Gasteiger partial charge is 0.326 e. The topological polar surface area (TPSA) is 75.3 Å². The molecule has 0 aliphatic heterocycles. The molecule has 8 heteroatoms. The number of nitrogens with one attached hydrogen (secondary N) is 2. The van der Waals surface area contributed by atoms with Crippen molar-refractivity contribution in [1.29, 1.82) is 0 Å². The highest BCUT2D eigenvalue weighted by Crippen LogP contribution is 2.22. The van der Waals surface area contributed by atoms with Crippen molar-refractivity contribution in [3.05, 3.63) is 66.3 Å². The van der Waals surface area contributed by atoms with Crippen LogP contribution in [-0.2, 0) is 14.8 Å². The highest BCUT2D eigenvalue weighted by Gasteiger charge is 2.17. The Morgan fingerprint density at radius 3 is 2.37 bits per heavy atom. The zero-order valence-corrected chi connectivity index (χ0v) is 15.1. The molecule has 1 amide bonds. The molecule has 0 fully saturated rings.